The molecule has 5 nitrogen and oxygen atoms in total. The number of nitrogens with two attached hydrogens (primary N) is 1. The largest absolute Gasteiger partial charge is 0.350 e. The molecule has 2 fully saturated rings. The highest BCUT2D eigenvalue weighted by atomic mass is 35.5. The summed E-state index contributed by atoms with van der Waals surface area (Å²) in [5.41, 5.74) is 6.00. The Labute approximate surface area is 162 Å². The second-order valence-corrected chi connectivity index (χ2v) is 7.65. The molecule has 2 atom stereocenters. The molecule has 1 saturated heterocycles. The van der Waals surface area contributed by atoms with Gasteiger partial charge in [-0.3, -0.25) is 9.59 Å². The summed E-state index contributed by atoms with van der Waals surface area (Å²) in [6.45, 7) is 3.07. The van der Waals surface area contributed by atoms with Crippen LogP contribution in [0.4, 0.5) is 0 Å². The zero-order valence-corrected chi connectivity index (χ0v) is 16.3. The number of benzene rings is 1. The van der Waals surface area contributed by atoms with E-state index in [-0.39, 0.29) is 36.2 Å². The lowest BCUT2D eigenvalue weighted by atomic mass is 9.88. The first-order valence-corrected chi connectivity index (χ1v) is 9.42. The van der Waals surface area contributed by atoms with E-state index in [1.165, 1.54) is 6.42 Å². The number of rotatable bonds is 4. The molecular weight excluding hydrogens is 350 g/mol. The van der Waals surface area contributed by atoms with Gasteiger partial charge >= 0.3 is 0 Å². The monoisotopic (exact) mass is 379 g/mol. The average Bonchev–Trinajstić information content (AvgIpc) is 3.11. The molecular formula is C20H30ClN3O2. The first-order valence-electron chi connectivity index (χ1n) is 9.42. The van der Waals surface area contributed by atoms with Crippen LogP contribution in [0.15, 0.2) is 30.3 Å². The van der Waals surface area contributed by atoms with E-state index in [4.69, 9.17) is 5.73 Å². The minimum absolute atomic E-state index is 0. The summed E-state index contributed by atoms with van der Waals surface area (Å²) in [5.74, 6) is 0.276. The Kier molecular flexibility index (Phi) is 7.07. The molecule has 1 aliphatic heterocycles. The number of carbonyl (C=O) groups excluding carboxylic acids is 2. The van der Waals surface area contributed by atoms with Gasteiger partial charge in [-0.1, -0.05) is 49.6 Å². The summed E-state index contributed by atoms with van der Waals surface area (Å²) in [6, 6.07) is 9.40. The van der Waals surface area contributed by atoms with Crippen LogP contribution in [0.2, 0.25) is 0 Å². The molecule has 0 aromatic heterocycles. The zero-order chi connectivity index (χ0) is 17.9. The summed E-state index contributed by atoms with van der Waals surface area (Å²) >= 11 is 0. The van der Waals surface area contributed by atoms with Gasteiger partial charge in [0.05, 0.1) is 0 Å². The van der Waals surface area contributed by atoms with Gasteiger partial charge < -0.3 is 16.0 Å². The fraction of sp³-hybridized carbons (Fsp3) is 0.600. The molecule has 3 N–H and O–H groups in total. The van der Waals surface area contributed by atoms with Crippen molar-refractivity contribution in [2.75, 3.05) is 13.1 Å². The maximum Gasteiger partial charge on any atom is 0.244 e. The highest BCUT2D eigenvalue weighted by Gasteiger charge is 2.36. The number of hydrogen-bond acceptors (Lipinski definition) is 3. The van der Waals surface area contributed by atoms with Crippen molar-refractivity contribution in [2.45, 2.75) is 57.0 Å². The lowest BCUT2D eigenvalue weighted by Crippen LogP contribution is -2.52. The lowest BCUT2D eigenvalue weighted by molar-refractivity contribution is -0.136. The third-order valence-corrected chi connectivity index (χ3v) is 5.63. The maximum atomic E-state index is 12.7. The number of nitrogens with zero attached hydrogens (tertiary/aromatic N) is 1. The van der Waals surface area contributed by atoms with Crippen LogP contribution in [0.5, 0.6) is 0 Å². The van der Waals surface area contributed by atoms with Gasteiger partial charge in [0.2, 0.25) is 11.8 Å². The Morgan fingerprint density at radius 3 is 2.42 bits per heavy atom. The number of carbonyl (C=O) groups is 2. The van der Waals surface area contributed by atoms with E-state index in [9.17, 15) is 9.59 Å². The molecule has 1 aliphatic carbocycles. The molecule has 3 rings (SSSR count). The minimum atomic E-state index is -1.07. The van der Waals surface area contributed by atoms with E-state index in [1.807, 2.05) is 35.2 Å². The molecule has 1 aromatic carbocycles. The molecule has 0 bridgehead atoms. The zero-order valence-electron chi connectivity index (χ0n) is 15.4. The van der Waals surface area contributed by atoms with E-state index in [0.717, 1.165) is 44.2 Å². The third kappa shape index (κ3) is 4.57. The molecule has 26 heavy (non-hydrogen) atoms. The van der Waals surface area contributed by atoms with Crippen molar-refractivity contribution in [3.8, 4) is 0 Å². The van der Waals surface area contributed by atoms with Gasteiger partial charge in [0.1, 0.15) is 5.54 Å². The topological polar surface area (TPSA) is 75.4 Å². The van der Waals surface area contributed by atoms with Crippen LogP contribution >= 0.6 is 12.4 Å². The van der Waals surface area contributed by atoms with E-state index in [2.05, 4.69) is 5.32 Å². The molecule has 2 aliphatic rings. The molecule has 6 heteroatoms. The van der Waals surface area contributed by atoms with E-state index in [0.29, 0.717) is 6.54 Å². The van der Waals surface area contributed by atoms with Gasteiger partial charge in [-0.05, 0) is 31.7 Å². The Morgan fingerprint density at radius 2 is 1.77 bits per heavy atom. The molecule has 0 spiro atoms. The fourth-order valence-corrected chi connectivity index (χ4v) is 3.94. The molecule has 144 valence electrons. The van der Waals surface area contributed by atoms with Crippen molar-refractivity contribution in [3.63, 3.8) is 0 Å². The number of likely N-dealkylation sites (tertiary alicyclic amines) is 1. The van der Waals surface area contributed by atoms with Crippen LogP contribution in [0, 0.1) is 5.92 Å². The fourth-order valence-electron chi connectivity index (χ4n) is 3.94. The van der Waals surface area contributed by atoms with Crippen molar-refractivity contribution in [3.05, 3.63) is 35.9 Å². The second-order valence-electron chi connectivity index (χ2n) is 7.65. The summed E-state index contributed by atoms with van der Waals surface area (Å²) in [5, 5.41) is 3.05. The van der Waals surface area contributed by atoms with Crippen LogP contribution in [0.3, 0.4) is 0 Å². The number of amides is 2. The summed E-state index contributed by atoms with van der Waals surface area (Å²) in [7, 11) is 0. The van der Waals surface area contributed by atoms with E-state index >= 15 is 0 Å². The Morgan fingerprint density at radius 1 is 1.12 bits per heavy atom. The summed E-state index contributed by atoms with van der Waals surface area (Å²) < 4.78 is 0. The average molecular weight is 380 g/mol. The van der Waals surface area contributed by atoms with Crippen molar-refractivity contribution < 1.29 is 9.59 Å². The number of hydrogen-bond donors (Lipinski definition) is 2. The SMILES string of the molecule is CC(N)(C(=O)NC1CCN(C(=O)C2CCCCC2)C1)c1ccccc1.Cl. The molecule has 1 heterocycles. The van der Waals surface area contributed by atoms with E-state index in [1.54, 1.807) is 6.92 Å². The van der Waals surface area contributed by atoms with E-state index < -0.39 is 5.54 Å². The Balaban J connectivity index is 0.00000243. The molecule has 1 aromatic rings. The van der Waals surface area contributed by atoms with Crippen LogP contribution in [-0.2, 0) is 15.1 Å². The highest BCUT2D eigenvalue weighted by Crippen LogP contribution is 2.27. The first kappa shape index (κ1) is 20.7. The summed E-state index contributed by atoms with van der Waals surface area (Å²) in [4.78, 5) is 27.2. The lowest BCUT2D eigenvalue weighted by Gasteiger charge is -2.28. The molecule has 0 radical (unpaired) electrons. The van der Waals surface area contributed by atoms with Gasteiger partial charge in [-0.15, -0.1) is 12.4 Å². The predicted octanol–water partition coefficient (Wildman–Crippen LogP) is 2.58. The van der Waals surface area contributed by atoms with Gasteiger partial charge in [-0.2, -0.15) is 0 Å². The Bertz CT molecular complexity index is 615. The van der Waals surface area contributed by atoms with Gasteiger partial charge in [0.25, 0.3) is 0 Å². The standard InChI is InChI=1S/C20H29N3O2.ClH/c1-20(21,16-10-6-3-7-11-16)19(25)22-17-12-13-23(14-17)18(24)15-8-4-2-5-9-15;/h3,6-7,10-11,15,17H,2,4-5,8-9,12-14,21H2,1H3,(H,22,25);1H. The van der Waals surface area contributed by atoms with Crippen LogP contribution < -0.4 is 11.1 Å². The number of nitrogens with one attached hydrogen (secondary N) is 1. The first-order chi connectivity index (χ1) is 12.0. The molecule has 2 unspecified atom stereocenters. The quantitative estimate of drug-likeness (QED) is 0.844. The van der Waals surface area contributed by atoms with Gasteiger partial charge in [0, 0.05) is 25.0 Å². The Hall–Kier alpha value is -1.59. The highest BCUT2D eigenvalue weighted by molar-refractivity contribution is 5.87. The predicted molar refractivity (Wildman–Crippen MR) is 105 cm³/mol. The normalized spacial score (nSPS) is 23.0. The molecule has 1 saturated carbocycles. The van der Waals surface area contributed by atoms with Crippen LogP contribution in [-0.4, -0.2) is 35.8 Å². The van der Waals surface area contributed by atoms with Gasteiger partial charge in [0.15, 0.2) is 0 Å². The smallest absolute Gasteiger partial charge is 0.244 e. The van der Waals surface area contributed by atoms with Crippen LogP contribution in [0.1, 0.15) is 51.0 Å². The maximum absolute atomic E-state index is 12.7. The minimum Gasteiger partial charge on any atom is -0.350 e. The second kappa shape index (κ2) is 8.87. The van der Waals surface area contributed by atoms with Gasteiger partial charge in [-0.25, -0.2) is 0 Å². The number of halogens is 1. The molecule has 2 amide bonds. The van der Waals surface area contributed by atoms with Crippen LogP contribution in [0.25, 0.3) is 0 Å². The van der Waals surface area contributed by atoms with Crippen molar-refractivity contribution in [2.24, 2.45) is 11.7 Å². The summed E-state index contributed by atoms with van der Waals surface area (Å²) in [6.07, 6.45) is 6.40. The van der Waals surface area contributed by atoms with Crippen molar-refractivity contribution >= 4 is 24.2 Å². The van der Waals surface area contributed by atoms with Crippen molar-refractivity contribution in [1.29, 1.82) is 0 Å². The third-order valence-electron chi connectivity index (χ3n) is 5.63. The van der Waals surface area contributed by atoms with Crippen molar-refractivity contribution in [1.82, 2.24) is 10.2 Å².